The number of benzene rings is 1. The van der Waals surface area contributed by atoms with Gasteiger partial charge in [0.15, 0.2) is 0 Å². The van der Waals surface area contributed by atoms with E-state index < -0.39 is 0 Å². The Balaban J connectivity index is 2.99. The third kappa shape index (κ3) is 3.80. The predicted octanol–water partition coefficient (Wildman–Crippen LogP) is 1.70. The van der Waals surface area contributed by atoms with Gasteiger partial charge in [-0.05, 0) is 26.0 Å². The lowest BCUT2D eigenvalue weighted by atomic mass is 9.97. The second kappa shape index (κ2) is 6.74. The molecule has 1 aromatic carbocycles. The van der Waals surface area contributed by atoms with Crippen LogP contribution in [0.1, 0.15) is 31.0 Å². The van der Waals surface area contributed by atoms with Crippen LogP contribution in [0, 0.1) is 6.92 Å². The summed E-state index contributed by atoms with van der Waals surface area (Å²) in [6.07, 6.45) is 0. The van der Waals surface area contributed by atoms with E-state index in [1.165, 1.54) is 11.1 Å². The Hall–Kier alpha value is -0.900. The lowest BCUT2D eigenvalue weighted by molar-refractivity contribution is 0.143. The molecule has 1 rings (SSSR count). The Kier molecular flexibility index (Phi) is 5.62. The topological polar surface area (TPSA) is 49.5 Å². The van der Waals surface area contributed by atoms with Crippen LogP contribution in [0.5, 0.6) is 0 Å². The van der Waals surface area contributed by atoms with Gasteiger partial charge < -0.3 is 10.8 Å². The summed E-state index contributed by atoms with van der Waals surface area (Å²) in [6, 6.07) is 8.65. The third-order valence-electron chi connectivity index (χ3n) is 3.07. The molecule has 0 heterocycles. The Bertz CT molecular complexity index is 339. The molecule has 0 radical (unpaired) electrons. The number of hydrogen-bond donors (Lipinski definition) is 2. The van der Waals surface area contributed by atoms with Gasteiger partial charge in [0.05, 0.1) is 6.61 Å². The molecule has 2 unspecified atom stereocenters. The first kappa shape index (κ1) is 14.2. The Morgan fingerprint density at radius 2 is 2.12 bits per heavy atom. The van der Waals surface area contributed by atoms with Crippen molar-refractivity contribution in [2.24, 2.45) is 5.73 Å². The van der Waals surface area contributed by atoms with Crippen molar-refractivity contribution in [2.45, 2.75) is 32.9 Å². The van der Waals surface area contributed by atoms with Gasteiger partial charge in [0, 0.05) is 18.6 Å². The minimum atomic E-state index is 0.0447. The van der Waals surface area contributed by atoms with Crippen molar-refractivity contribution >= 4 is 0 Å². The summed E-state index contributed by atoms with van der Waals surface area (Å²) >= 11 is 0. The van der Waals surface area contributed by atoms with Crippen LogP contribution in [-0.2, 0) is 0 Å². The van der Waals surface area contributed by atoms with Crippen molar-refractivity contribution in [2.75, 3.05) is 19.7 Å². The molecule has 0 saturated carbocycles. The van der Waals surface area contributed by atoms with Crippen molar-refractivity contribution in [3.05, 3.63) is 35.4 Å². The predicted molar refractivity (Wildman–Crippen MR) is 71.9 cm³/mol. The van der Waals surface area contributed by atoms with Crippen molar-refractivity contribution in [3.63, 3.8) is 0 Å². The number of nitrogens with zero attached hydrogens (tertiary/aromatic N) is 1. The molecule has 0 saturated heterocycles. The first-order valence-electron chi connectivity index (χ1n) is 6.27. The molecule has 17 heavy (non-hydrogen) atoms. The van der Waals surface area contributed by atoms with E-state index in [1.807, 2.05) is 6.92 Å². The van der Waals surface area contributed by atoms with E-state index in [1.54, 1.807) is 0 Å². The number of hydrogen-bond acceptors (Lipinski definition) is 3. The average Bonchev–Trinajstić information content (AvgIpc) is 2.28. The molecule has 0 bridgehead atoms. The molecule has 0 fully saturated rings. The van der Waals surface area contributed by atoms with Gasteiger partial charge in [-0.2, -0.15) is 0 Å². The number of aryl methyl sites for hydroxylation is 1. The summed E-state index contributed by atoms with van der Waals surface area (Å²) in [6.45, 7) is 7.93. The maximum atomic E-state index is 9.12. The van der Waals surface area contributed by atoms with Crippen LogP contribution in [0.15, 0.2) is 24.3 Å². The number of rotatable bonds is 6. The monoisotopic (exact) mass is 236 g/mol. The quantitative estimate of drug-likeness (QED) is 0.790. The molecule has 0 aliphatic heterocycles. The summed E-state index contributed by atoms with van der Waals surface area (Å²) < 4.78 is 0. The summed E-state index contributed by atoms with van der Waals surface area (Å²) in [5.41, 5.74) is 8.58. The first-order chi connectivity index (χ1) is 8.10. The fourth-order valence-corrected chi connectivity index (χ4v) is 2.32. The highest BCUT2D eigenvalue weighted by atomic mass is 16.3. The minimum Gasteiger partial charge on any atom is -0.395 e. The zero-order valence-corrected chi connectivity index (χ0v) is 11.1. The molecule has 1 aromatic rings. The first-order valence-corrected chi connectivity index (χ1v) is 6.27. The van der Waals surface area contributed by atoms with E-state index in [4.69, 9.17) is 10.8 Å². The standard InChI is InChI=1S/C14H24N2O/c1-4-16(8-9-17)14(12(3)15)13-7-5-6-11(2)10-13/h5-7,10,12,14,17H,4,8-9,15H2,1-3H3. The van der Waals surface area contributed by atoms with Crippen LogP contribution in [0.25, 0.3) is 0 Å². The summed E-state index contributed by atoms with van der Waals surface area (Å²) in [4.78, 5) is 2.22. The van der Waals surface area contributed by atoms with Crippen LogP contribution in [0.3, 0.4) is 0 Å². The van der Waals surface area contributed by atoms with Gasteiger partial charge in [0.1, 0.15) is 0 Å². The normalized spacial score (nSPS) is 14.9. The molecular weight excluding hydrogens is 212 g/mol. The average molecular weight is 236 g/mol. The van der Waals surface area contributed by atoms with Crippen molar-refractivity contribution in [3.8, 4) is 0 Å². The van der Waals surface area contributed by atoms with E-state index in [0.29, 0.717) is 6.54 Å². The smallest absolute Gasteiger partial charge is 0.0558 e. The zero-order valence-electron chi connectivity index (χ0n) is 11.1. The molecule has 3 nitrogen and oxygen atoms in total. The molecule has 0 spiro atoms. The van der Waals surface area contributed by atoms with Crippen LogP contribution in [0.2, 0.25) is 0 Å². The summed E-state index contributed by atoms with van der Waals surface area (Å²) in [7, 11) is 0. The molecule has 0 amide bonds. The highest BCUT2D eigenvalue weighted by molar-refractivity contribution is 5.26. The van der Waals surface area contributed by atoms with Gasteiger partial charge in [0.2, 0.25) is 0 Å². The fraction of sp³-hybridized carbons (Fsp3) is 0.571. The van der Waals surface area contributed by atoms with Gasteiger partial charge >= 0.3 is 0 Å². The van der Waals surface area contributed by atoms with E-state index in [2.05, 4.69) is 43.0 Å². The molecular formula is C14H24N2O. The second-order valence-corrected chi connectivity index (χ2v) is 4.57. The Labute approximate surface area is 104 Å². The third-order valence-corrected chi connectivity index (χ3v) is 3.07. The molecule has 0 aliphatic rings. The van der Waals surface area contributed by atoms with Gasteiger partial charge in [-0.15, -0.1) is 0 Å². The van der Waals surface area contributed by atoms with Crippen molar-refractivity contribution in [1.29, 1.82) is 0 Å². The number of aliphatic hydroxyl groups excluding tert-OH is 1. The van der Waals surface area contributed by atoms with Crippen LogP contribution in [-0.4, -0.2) is 35.7 Å². The van der Waals surface area contributed by atoms with Crippen LogP contribution >= 0.6 is 0 Å². The SMILES string of the molecule is CCN(CCO)C(c1cccc(C)c1)C(C)N. The Morgan fingerprint density at radius 3 is 2.59 bits per heavy atom. The van der Waals surface area contributed by atoms with Gasteiger partial charge in [-0.3, -0.25) is 4.90 Å². The maximum Gasteiger partial charge on any atom is 0.0558 e. The maximum absolute atomic E-state index is 9.12. The largest absolute Gasteiger partial charge is 0.395 e. The number of nitrogens with two attached hydrogens (primary N) is 1. The molecule has 2 atom stereocenters. The lowest BCUT2D eigenvalue weighted by Gasteiger charge is -2.33. The number of aliphatic hydroxyl groups is 1. The number of likely N-dealkylation sites (N-methyl/N-ethyl adjacent to an activating group) is 1. The molecule has 0 aromatic heterocycles. The summed E-state index contributed by atoms with van der Waals surface area (Å²) in [5.74, 6) is 0. The molecule has 0 aliphatic carbocycles. The zero-order chi connectivity index (χ0) is 12.8. The molecule has 96 valence electrons. The van der Waals surface area contributed by atoms with Gasteiger partial charge in [-0.25, -0.2) is 0 Å². The van der Waals surface area contributed by atoms with E-state index in [9.17, 15) is 0 Å². The highest BCUT2D eigenvalue weighted by Crippen LogP contribution is 2.23. The molecule has 3 heteroatoms. The second-order valence-electron chi connectivity index (χ2n) is 4.57. The Morgan fingerprint density at radius 1 is 1.41 bits per heavy atom. The van der Waals surface area contributed by atoms with Crippen LogP contribution < -0.4 is 5.73 Å². The van der Waals surface area contributed by atoms with Crippen molar-refractivity contribution < 1.29 is 5.11 Å². The minimum absolute atomic E-state index is 0.0447. The molecule has 3 N–H and O–H groups in total. The van der Waals surface area contributed by atoms with E-state index in [-0.39, 0.29) is 18.7 Å². The van der Waals surface area contributed by atoms with Gasteiger partial charge in [0.25, 0.3) is 0 Å². The lowest BCUT2D eigenvalue weighted by Crippen LogP contribution is -2.40. The van der Waals surface area contributed by atoms with Gasteiger partial charge in [-0.1, -0.05) is 36.8 Å². The van der Waals surface area contributed by atoms with E-state index in [0.717, 1.165) is 6.54 Å². The van der Waals surface area contributed by atoms with Crippen molar-refractivity contribution in [1.82, 2.24) is 4.90 Å². The highest BCUT2D eigenvalue weighted by Gasteiger charge is 2.22. The fourth-order valence-electron chi connectivity index (χ4n) is 2.32. The summed E-state index contributed by atoms with van der Waals surface area (Å²) in [5, 5.41) is 9.12. The van der Waals surface area contributed by atoms with E-state index >= 15 is 0 Å². The van der Waals surface area contributed by atoms with Crippen LogP contribution in [0.4, 0.5) is 0 Å².